The molecule has 0 aliphatic rings. The third-order valence-electron chi connectivity index (χ3n) is 2.26. The Morgan fingerprint density at radius 1 is 1.25 bits per heavy atom. The van der Waals surface area contributed by atoms with Gasteiger partial charge >= 0.3 is 0 Å². The molecule has 0 atom stereocenters. The molecule has 0 N–H and O–H groups in total. The largest absolute Gasteiger partial charge is 0.198 e. The lowest BCUT2D eigenvalue weighted by Crippen LogP contribution is -2.01. The lowest BCUT2D eigenvalue weighted by Gasteiger charge is -2.16. The van der Waals surface area contributed by atoms with E-state index in [0.717, 1.165) is 6.42 Å². The van der Waals surface area contributed by atoms with Crippen LogP contribution in [0.25, 0.3) is 5.57 Å². The summed E-state index contributed by atoms with van der Waals surface area (Å²) < 4.78 is 0. The second kappa shape index (κ2) is 5.51. The molecular weight excluding hydrogens is 194 g/mol. The molecule has 0 aromatic heterocycles. The lowest BCUT2D eigenvalue weighted by atomic mass is 9.89. The van der Waals surface area contributed by atoms with Crippen molar-refractivity contribution in [2.24, 2.45) is 5.41 Å². The maximum Gasteiger partial charge on any atom is 0.0625 e. The third kappa shape index (κ3) is 4.31. The van der Waals surface area contributed by atoms with Crippen LogP contribution in [0.3, 0.4) is 0 Å². The highest BCUT2D eigenvalue weighted by Gasteiger charge is 2.09. The van der Waals surface area contributed by atoms with Gasteiger partial charge in [0.25, 0.3) is 0 Å². The van der Waals surface area contributed by atoms with E-state index in [1.54, 1.807) is 0 Å². The standard InChI is InChI=1S/C15H19N/c1-15(2,3)12-14(10-7-11-16)13-8-5-4-6-9-13/h4-6,8-9,12H,7,10H2,1-3H3. The highest BCUT2D eigenvalue weighted by molar-refractivity contribution is 5.66. The number of rotatable bonds is 3. The summed E-state index contributed by atoms with van der Waals surface area (Å²) in [5, 5.41) is 8.68. The highest BCUT2D eigenvalue weighted by Crippen LogP contribution is 2.26. The number of hydrogen-bond donors (Lipinski definition) is 0. The van der Waals surface area contributed by atoms with Gasteiger partial charge in [-0.3, -0.25) is 0 Å². The minimum absolute atomic E-state index is 0.153. The molecule has 0 radical (unpaired) electrons. The molecular formula is C15H19N. The first-order valence-electron chi connectivity index (χ1n) is 5.67. The fraction of sp³-hybridized carbons (Fsp3) is 0.400. The Labute approximate surface area is 98.4 Å². The second-order valence-corrected chi connectivity index (χ2v) is 5.06. The van der Waals surface area contributed by atoms with Crippen molar-refractivity contribution in [2.75, 3.05) is 0 Å². The van der Waals surface area contributed by atoms with Gasteiger partial charge in [-0.25, -0.2) is 0 Å². The predicted molar refractivity (Wildman–Crippen MR) is 68.7 cm³/mol. The van der Waals surface area contributed by atoms with Crippen molar-refractivity contribution in [3.63, 3.8) is 0 Å². The van der Waals surface area contributed by atoms with E-state index in [-0.39, 0.29) is 5.41 Å². The van der Waals surface area contributed by atoms with E-state index >= 15 is 0 Å². The van der Waals surface area contributed by atoms with E-state index < -0.39 is 0 Å². The summed E-state index contributed by atoms with van der Waals surface area (Å²) in [6.45, 7) is 6.55. The van der Waals surface area contributed by atoms with Crippen LogP contribution in [-0.4, -0.2) is 0 Å². The van der Waals surface area contributed by atoms with Crippen LogP contribution in [0.15, 0.2) is 36.4 Å². The van der Waals surface area contributed by atoms with Crippen molar-refractivity contribution in [3.8, 4) is 6.07 Å². The number of allylic oxidation sites excluding steroid dienone is 2. The van der Waals surface area contributed by atoms with E-state index in [9.17, 15) is 0 Å². The van der Waals surface area contributed by atoms with Crippen LogP contribution < -0.4 is 0 Å². The van der Waals surface area contributed by atoms with Gasteiger partial charge < -0.3 is 0 Å². The Hall–Kier alpha value is -1.55. The van der Waals surface area contributed by atoms with E-state index in [1.807, 2.05) is 18.2 Å². The fourth-order valence-electron chi connectivity index (χ4n) is 1.67. The molecule has 0 aliphatic carbocycles. The first kappa shape index (κ1) is 12.5. The van der Waals surface area contributed by atoms with Crippen molar-refractivity contribution < 1.29 is 0 Å². The number of benzene rings is 1. The van der Waals surface area contributed by atoms with Crippen molar-refractivity contribution >= 4 is 5.57 Å². The van der Waals surface area contributed by atoms with Gasteiger partial charge in [0, 0.05) is 6.42 Å². The van der Waals surface area contributed by atoms with Crippen LogP contribution in [0.5, 0.6) is 0 Å². The normalized spacial score (nSPS) is 12.2. The first-order chi connectivity index (χ1) is 7.53. The third-order valence-corrected chi connectivity index (χ3v) is 2.26. The Bertz CT molecular complexity index is 388. The van der Waals surface area contributed by atoms with Crippen molar-refractivity contribution in [2.45, 2.75) is 33.6 Å². The van der Waals surface area contributed by atoms with Gasteiger partial charge in [0.05, 0.1) is 6.07 Å². The maximum atomic E-state index is 8.68. The van der Waals surface area contributed by atoms with Gasteiger partial charge in [0.2, 0.25) is 0 Å². The number of nitriles is 1. The average molecular weight is 213 g/mol. The van der Waals surface area contributed by atoms with Crippen LogP contribution in [0.1, 0.15) is 39.2 Å². The predicted octanol–water partition coefficient (Wildman–Crippen LogP) is 4.42. The van der Waals surface area contributed by atoms with Crippen LogP contribution in [0.4, 0.5) is 0 Å². The van der Waals surface area contributed by atoms with E-state index in [2.05, 4.69) is 45.0 Å². The van der Waals surface area contributed by atoms with Gasteiger partial charge in [0.1, 0.15) is 0 Å². The minimum atomic E-state index is 0.153. The van der Waals surface area contributed by atoms with Gasteiger partial charge in [-0.15, -0.1) is 0 Å². The summed E-state index contributed by atoms with van der Waals surface area (Å²) in [4.78, 5) is 0. The summed E-state index contributed by atoms with van der Waals surface area (Å²) in [6, 6.07) is 12.5. The molecule has 0 saturated carbocycles. The Morgan fingerprint density at radius 3 is 2.38 bits per heavy atom. The molecule has 1 aromatic carbocycles. The van der Waals surface area contributed by atoms with Crippen LogP contribution in [0, 0.1) is 16.7 Å². The topological polar surface area (TPSA) is 23.8 Å². The van der Waals surface area contributed by atoms with E-state index in [0.29, 0.717) is 6.42 Å². The minimum Gasteiger partial charge on any atom is -0.198 e. The maximum absolute atomic E-state index is 8.68. The Morgan fingerprint density at radius 2 is 1.88 bits per heavy atom. The molecule has 1 rings (SSSR count). The lowest BCUT2D eigenvalue weighted by molar-refractivity contribution is 0.544. The molecule has 0 bridgehead atoms. The van der Waals surface area contributed by atoms with Crippen LogP contribution >= 0.6 is 0 Å². The zero-order chi connectivity index (χ0) is 12.0. The molecule has 16 heavy (non-hydrogen) atoms. The summed E-state index contributed by atoms with van der Waals surface area (Å²) in [5.41, 5.74) is 2.66. The molecule has 0 fully saturated rings. The molecule has 1 aromatic rings. The molecule has 0 spiro atoms. The van der Waals surface area contributed by atoms with E-state index in [1.165, 1.54) is 11.1 Å². The average Bonchev–Trinajstić information content (AvgIpc) is 2.24. The molecule has 84 valence electrons. The molecule has 0 amide bonds. The smallest absolute Gasteiger partial charge is 0.0625 e. The zero-order valence-electron chi connectivity index (χ0n) is 10.3. The second-order valence-electron chi connectivity index (χ2n) is 5.06. The zero-order valence-corrected chi connectivity index (χ0v) is 10.3. The quantitative estimate of drug-likeness (QED) is 0.729. The molecule has 0 unspecified atom stereocenters. The van der Waals surface area contributed by atoms with Gasteiger partial charge in [-0.2, -0.15) is 5.26 Å². The Kier molecular flexibility index (Phi) is 4.31. The first-order valence-corrected chi connectivity index (χ1v) is 5.67. The van der Waals surface area contributed by atoms with Gasteiger partial charge in [0.15, 0.2) is 0 Å². The highest BCUT2D eigenvalue weighted by atomic mass is 14.2. The van der Waals surface area contributed by atoms with E-state index in [4.69, 9.17) is 5.26 Å². The Balaban J connectivity index is 2.98. The number of nitrogens with zero attached hydrogens (tertiary/aromatic N) is 1. The van der Waals surface area contributed by atoms with Crippen molar-refractivity contribution in [3.05, 3.63) is 42.0 Å². The SMILES string of the molecule is CC(C)(C)C=C(CCC#N)c1ccccc1. The van der Waals surface area contributed by atoms with Gasteiger partial charge in [-0.05, 0) is 23.0 Å². The summed E-state index contributed by atoms with van der Waals surface area (Å²) in [7, 11) is 0. The van der Waals surface area contributed by atoms with Crippen LogP contribution in [-0.2, 0) is 0 Å². The molecule has 1 nitrogen and oxygen atoms in total. The van der Waals surface area contributed by atoms with Crippen LogP contribution in [0.2, 0.25) is 0 Å². The van der Waals surface area contributed by atoms with Crippen molar-refractivity contribution in [1.29, 1.82) is 5.26 Å². The summed E-state index contributed by atoms with van der Waals surface area (Å²) >= 11 is 0. The fourth-order valence-corrected chi connectivity index (χ4v) is 1.67. The monoisotopic (exact) mass is 213 g/mol. The molecule has 1 heteroatoms. The van der Waals surface area contributed by atoms with Crippen molar-refractivity contribution in [1.82, 2.24) is 0 Å². The van der Waals surface area contributed by atoms with Gasteiger partial charge in [-0.1, -0.05) is 57.2 Å². The molecule has 0 aliphatic heterocycles. The summed E-state index contributed by atoms with van der Waals surface area (Å²) in [5.74, 6) is 0. The molecule has 0 heterocycles. The number of hydrogen-bond acceptors (Lipinski definition) is 1. The molecule has 0 saturated heterocycles. The summed E-state index contributed by atoms with van der Waals surface area (Å²) in [6.07, 6.45) is 3.67.